The van der Waals surface area contributed by atoms with Crippen LogP contribution in [0, 0.1) is 0 Å². The van der Waals surface area contributed by atoms with Crippen LogP contribution in [0.15, 0.2) is 30.3 Å². The fraction of sp³-hybridized carbons (Fsp3) is 0.647. The van der Waals surface area contributed by atoms with Crippen molar-refractivity contribution in [2.45, 2.75) is 72.6 Å². The molecule has 4 heteroatoms. The van der Waals surface area contributed by atoms with Gasteiger partial charge in [-0.15, -0.1) is 0 Å². The summed E-state index contributed by atoms with van der Waals surface area (Å²) < 4.78 is 18.3. The minimum atomic E-state index is -1.74. The van der Waals surface area contributed by atoms with Gasteiger partial charge in [-0.05, 0) is 41.5 Å². The Bertz CT molecular complexity index is 364. The van der Waals surface area contributed by atoms with Crippen LogP contribution in [0.2, 0.25) is 6.32 Å². The molecule has 0 aromatic heterocycles. The van der Waals surface area contributed by atoms with Gasteiger partial charge in [-0.2, -0.15) is 0 Å². The van der Waals surface area contributed by atoms with Gasteiger partial charge in [0.15, 0.2) is 0 Å². The molecule has 120 valence electrons. The van der Waals surface area contributed by atoms with Crippen molar-refractivity contribution in [3.63, 3.8) is 0 Å². The first-order valence-corrected chi connectivity index (χ1v) is 8.05. The molecule has 0 atom stereocenters. The molecule has 0 N–H and O–H groups in total. The molecular weight excluding hydrogens is 263 g/mol. The summed E-state index contributed by atoms with van der Waals surface area (Å²) in [7, 11) is 0. The van der Waals surface area contributed by atoms with Gasteiger partial charge in [0.25, 0.3) is 0 Å². The molecule has 3 nitrogen and oxygen atoms in total. The van der Waals surface area contributed by atoms with Gasteiger partial charge in [-0.25, -0.2) is 0 Å². The maximum absolute atomic E-state index is 6.10. The predicted molar refractivity (Wildman–Crippen MR) is 89.4 cm³/mol. The zero-order chi connectivity index (χ0) is 15.9. The Hall–Kier alpha value is -0.835. The lowest BCUT2D eigenvalue weighted by molar-refractivity contribution is 0.00331. The van der Waals surface area contributed by atoms with Gasteiger partial charge in [0, 0.05) is 18.3 Å². The number of benzene rings is 1. The van der Waals surface area contributed by atoms with E-state index in [1.165, 1.54) is 5.56 Å². The summed E-state index contributed by atoms with van der Waals surface area (Å²) in [5.74, 6) is 0. The van der Waals surface area contributed by atoms with Crippen LogP contribution in [0.3, 0.4) is 0 Å². The molecule has 1 rings (SSSR count). The van der Waals surface area contributed by atoms with E-state index in [0.29, 0.717) is 0 Å². The largest absolute Gasteiger partial charge is 0.542 e. The van der Waals surface area contributed by atoms with Crippen molar-refractivity contribution in [2.75, 3.05) is 0 Å². The minimum Gasteiger partial charge on any atom is -0.542 e. The molecule has 0 saturated heterocycles. The molecule has 0 amide bonds. The van der Waals surface area contributed by atoms with Crippen molar-refractivity contribution in [3.8, 4) is 0 Å². The fourth-order valence-electron chi connectivity index (χ4n) is 2.53. The summed E-state index contributed by atoms with van der Waals surface area (Å²) in [5.41, 5.74) is 1.27. The normalized spacial score (nSPS) is 12.6. The highest BCUT2D eigenvalue weighted by Crippen LogP contribution is 2.24. The minimum absolute atomic E-state index is 0.0678. The van der Waals surface area contributed by atoms with E-state index in [-0.39, 0.29) is 18.3 Å². The van der Waals surface area contributed by atoms with Crippen LogP contribution in [0.1, 0.15) is 47.1 Å². The smallest absolute Gasteiger partial charge is 0.379 e. The second-order valence-electron chi connectivity index (χ2n) is 6.37. The molecule has 0 unspecified atom stereocenters. The molecule has 0 aliphatic heterocycles. The molecule has 0 bridgehead atoms. The second kappa shape index (κ2) is 8.57. The van der Waals surface area contributed by atoms with Crippen molar-refractivity contribution in [1.29, 1.82) is 0 Å². The van der Waals surface area contributed by atoms with Crippen LogP contribution < -0.4 is 0 Å². The van der Waals surface area contributed by atoms with E-state index in [2.05, 4.69) is 24.3 Å². The average Bonchev–Trinajstić information content (AvgIpc) is 2.35. The zero-order valence-electron chi connectivity index (χ0n) is 14.3. The van der Waals surface area contributed by atoms with Gasteiger partial charge in [0.1, 0.15) is 0 Å². The van der Waals surface area contributed by atoms with E-state index in [0.717, 1.165) is 12.7 Å². The number of aryl methyl sites for hydroxylation is 1. The Morgan fingerprint density at radius 2 is 1.19 bits per heavy atom. The Labute approximate surface area is 130 Å². The van der Waals surface area contributed by atoms with Gasteiger partial charge in [0.2, 0.25) is 0 Å². The Balaban J connectivity index is 2.85. The fourth-order valence-corrected chi connectivity index (χ4v) is 2.53. The predicted octanol–water partition coefficient (Wildman–Crippen LogP) is 4.44. The standard InChI is InChI=1S/C17H30BO3/c1-14(2)19-18(20-15(3)4,21-16(5)6)13-12-17-10-8-7-9-11-17/h7-11,14-16H,12-13H2,1-6H3/q-1. The van der Waals surface area contributed by atoms with Gasteiger partial charge < -0.3 is 14.0 Å². The quantitative estimate of drug-likeness (QED) is 0.630. The summed E-state index contributed by atoms with van der Waals surface area (Å²) in [4.78, 5) is 0. The molecule has 0 spiro atoms. The summed E-state index contributed by atoms with van der Waals surface area (Å²) >= 11 is 0. The van der Waals surface area contributed by atoms with Crippen LogP contribution in [0.25, 0.3) is 0 Å². The molecule has 0 aliphatic rings. The molecule has 21 heavy (non-hydrogen) atoms. The van der Waals surface area contributed by atoms with Crippen LogP contribution >= 0.6 is 0 Å². The van der Waals surface area contributed by atoms with Crippen molar-refractivity contribution < 1.29 is 14.0 Å². The van der Waals surface area contributed by atoms with Crippen molar-refractivity contribution >= 4 is 6.75 Å². The molecular formula is C17H30BO3-. The second-order valence-corrected chi connectivity index (χ2v) is 6.37. The molecule has 1 aromatic carbocycles. The molecule has 1 aromatic rings. The Morgan fingerprint density at radius 1 is 0.762 bits per heavy atom. The van der Waals surface area contributed by atoms with Crippen LogP contribution in [-0.4, -0.2) is 25.1 Å². The van der Waals surface area contributed by atoms with E-state index in [1.54, 1.807) is 0 Å². The van der Waals surface area contributed by atoms with E-state index in [4.69, 9.17) is 14.0 Å². The lowest BCUT2D eigenvalue weighted by Crippen LogP contribution is -2.51. The molecule has 0 fully saturated rings. The first kappa shape index (κ1) is 18.2. The summed E-state index contributed by atoms with van der Waals surface area (Å²) in [5, 5.41) is 0. The third-order valence-corrected chi connectivity index (χ3v) is 3.07. The van der Waals surface area contributed by atoms with Crippen LogP contribution in [0.4, 0.5) is 0 Å². The first-order valence-electron chi connectivity index (χ1n) is 8.05. The Morgan fingerprint density at radius 3 is 1.57 bits per heavy atom. The number of hydrogen-bond acceptors (Lipinski definition) is 3. The zero-order valence-corrected chi connectivity index (χ0v) is 14.3. The topological polar surface area (TPSA) is 27.7 Å². The highest BCUT2D eigenvalue weighted by atomic mass is 16.8. The van der Waals surface area contributed by atoms with Crippen molar-refractivity contribution in [2.24, 2.45) is 0 Å². The van der Waals surface area contributed by atoms with E-state index in [9.17, 15) is 0 Å². The summed E-state index contributed by atoms with van der Waals surface area (Å²) in [6, 6.07) is 10.4. The van der Waals surface area contributed by atoms with E-state index < -0.39 is 6.75 Å². The maximum Gasteiger partial charge on any atom is 0.379 e. The molecule has 0 radical (unpaired) electrons. The highest BCUT2D eigenvalue weighted by Gasteiger charge is 2.32. The average molecular weight is 293 g/mol. The highest BCUT2D eigenvalue weighted by molar-refractivity contribution is 6.60. The van der Waals surface area contributed by atoms with Gasteiger partial charge >= 0.3 is 6.75 Å². The monoisotopic (exact) mass is 293 g/mol. The van der Waals surface area contributed by atoms with Gasteiger partial charge in [-0.3, -0.25) is 0 Å². The van der Waals surface area contributed by atoms with E-state index >= 15 is 0 Å². The SMILES string of the molecule is CC(C)O[B-](CCc1ccccc1)(OC(C)C)OC(C)C. The Kier molecular flexibility index (Phi) is 7.43. The van der Waals surface area contributed by atoms with E-state index in [1.807, 2.05) is 47.6 Å². The third kappa shape index (κ3) is 7.12. The van der Waals surface area contributed by atoms with Crippen LogP contribution in [0.5, 0.6) is 0 Å². The summed E-state index contributed by atoms with van der Waals surface area (Å²) in [6.45, 7) is 10.4. The lowest BCUT2D eigenvalue weighted by Gasteiger charge is -2.46. The number of hydrogen-bond donors (Lipinski definition) is 0. The van der Waals surface area contributed by atoms with Gasteiger partial charge in [-0.1, -0.05) is 48.6 Å². The van der Waals surface area contributed by atoms with Crippen LogP contribution in [-0.2, 0) is 20.4 Å². The lowest BCUT2D eigenvalue weighted by atomic mass is 9.70. The molecule has 0 heterocycles. The van der Waals surface area contributed by atoms with Gasteiger partial charge in [0.05, 0.1) is 0 Å². The third-order valence-electron chi connectivity index (χ3n) is 3.07. The molecule has 0 aliphatic carbocycles. The van der Waals surface area contributed by atoms with Crippen molar-refractivity contribution in [3.05, 3.63) is 35.9 Å². The summed E-state index contributed by atoms with van der Waals surface area (Å²) in [6.07, 6.45) is 1.82. The maximum atomic E-state index is 6.10. The first-order chi connectivity index (χ1) is 9.83. The van der Waals surface area contributed by atoms with Crippen molar-refractivity contribution in [1.82, 2.24) is 0 Å². The molecule has 0 saturated carbocycles. The number of rotatable bonds is 9.